The first-order valence-corrected chi connectivity index (χ1v) is 14.4. The van der Waals surface area contributed by atoms with Gasteiger partial charge >= 0.3 is 0 Å². The van der Waals surface area contributed by atoms with E-state index in [1.807, 2.05) is 24.1 Å². The summed E-state index contributed by atoms with van der Waals surface area (Å²) >= 11 is 0. The zero-order valence-corrected chi connectivity index (χ0v) is 22.9. The summed E-state index contributed by atoms with van der Waals surface area (Å²) in [6.07, 6.45) is 6.58. The summed E-state index contributed by atoms with van der Waals surface area (Å²) in [4.78, 5) is 20.8. The number of hydrogen-bond donors (Lipinski definition) is 2. The topological polar surface area (TPSA) is 104 Å². The zero-order valence-electron chi connectivity index (χ0n) is 22.9. The van der Waals surface area contributed by atoms with Crippen LogP contribution >= 0.6 is 0 Å². The zero-order chi connectivity index (χ0) is 26.8. The summed E-state index contributed by atoms with van der Waals surface area (Å²) in [6.45, 7) is 2.41. The van der Waals surface area contributed by atoms with E-state index in [1.54, 1.807) is 7.11 Å². The second kappa shape index (κ2) is 9.38. The van der Waals surface area contributed by atoms with E-state index in [4.69, 9.17) is 21.2 Å². The number of carbonyl (C=O) groups excluding carboxylic acids is 1. The predicted octanol–water partition coefficient (Wildman–Crippen LogP) is 4.07. The van der Waals surface area contributed by atoms with Crippen molar-refractivity contribution in [1.82, 2.24) is 19.0 Å². The lowest BCUT2D eigenvalue weighted by Crippen LogP contribution is -2.41. The fraction of sp³-hybridized carbons (Fsp3) is 0.484. The van der Waals surface area contributed by atoms with Crippen molar-refractivity contribution in [2.45, 2.75) is 57.2 Å². The van der Waals surface area contributed by atoms with Gasteiger partial charge in [0.2, 0.25) is 0 Å². The number of aromatic nitrogens is 3. The first-order valence-electron chi connectivity index (χ1n) is 14.4. The third-order valence-electron chi connectivity index (χ3n) is 9.34. The fourth-order valence-corrected chi connectivity index (χ4v) is 7.10. The van der Waals surface area contributed by atoms with Gasteiger partial charge in [-0.15, -0.1) is 0 Å². The number of ether oxygens (including phenoxy) is 1. The number of imidazole rings is 1. The molecule has 8 heteroatoms. The van der Waals surface area contributed by atoms with Gasteiger partial charge in [0.15, 0.2) is 5.82 Å². The fourth-order valence-electron chi connectivity index (χ4n) is 7.10. The Balaban J connectivity index is 1.35. The molecule has 0 spiro atoms. The van der Waals surface area contributed by atoms with Crippen LogP contribution in [0.1, 0.15) is 48.0 Å². The molecule has 3 fully saturated rings. The second-order valence-electron chi connectivity index (χ2n) is 11.8. The van der Waals surface area contributed by atoms with Crippen LogP contribution in [-0.2, 0) is 20.0 Å². The van der Waals surface area contributed by atoms with Crippen molar-refractivity contribution < 1.29 is 9.53 Å². The Labute approximate surface area is 228 Å². The second-order valence-corrected chi connectivity index (χ2v) is 11.8. The molecule has 8 nitrogen and oxygen atoms in total. The molecular weight excluding hydrogens is 488 g/mol. The van der Waals surface area contributed by atoms with Gasteiger partial charge in [-0.25, -0.2) is 4.98 Å². The minimum Gasteiger partial charge on any atom is -0.494 e. The van der Waals surface area contributed by atoms with Gasteiger partial charge in [-0.2, -0.15) is 0 Å². The van der Waals surface area contributed by atoms with E-state index in [9.17, 15) is 4.79 Å². The lowest BCUT2D eigenvalue weighted by atomic mass is 10.1. The standard InChI is InChI=1S/C31H38N6O2/c1-35-29-23(13-22(15-26(29)39-2)31(38)37-17-21-10-11-24(37)27(21)33)34-30(35)25-14-20-6-3-5-19(7-4-12-32)28(20)36(25)16-18-8-9-18/h3,5-6,13-15,18,21,24,27H,4,7-12,16-17,32-33H2,1-2H3/t21-,24-,27-/m1/s1. The van der Waals surface area contributed by atoms with Crippen molar-refractivity contribution in [3.05, 3.63) is 47.5 Å². The molecule has 4 aromatic rings. The van der Waals surface area contributed by atoms with E-state index in [0.29, 0.717) is 29.7 Å². The monoisotopic (exact) mass is 526 g/mol. The summed E-state index contributed by atoms with van der Waals surface area (Å²) in [5, 5.41) is 1.23. The molecule has 1 amide bonds. The maximum atomic E-state index is 13.6. The van der Waals surface area contributed by atoms with Gasteiger partial charge in [-0.05, 0) is 80.7 Å². The van der Waals surface area contributed by atoms with E-state index in [-0.39, 0.29) is 18.0 Å². The van der Waals surface area contributed by atoms with Gasteiger partial charge in [0.25, 0.3) is 5.91 Å². The lowest BCUT2D eigenvalue weighted by molar-refractivity contribution is 0.0700. The van der Waals surface area contributed by atoms with Crippen LogP contribution in [0.25, 0.3) is 33.5 Å². The first kappa shape index (κ1) is 24.7. The molecule has 7 rings (SSSR count). The Morgan fingerprint density at radius 2 is 1.97 bits per heavy atom. The van der Waals surface area contributed by atoms with Gasteiger partial charge in [0, 0.05) is 43.2 Å². The molecule has 2 bridgehead atoms. The lowest BCUT2D eigenvalue weighted by Gasteiger charge is -2.27. The molecule has 3 atom stereocenters. The van der Waals surface area contributed by atoms with Crippen molar-refractivity contribution >= 4 is 27.8 Å². The Kier molecular flexibility index (Phi) is 5.93. The summed E-state index contributed by atoms with van der Waals surface area (Å²) in [5.41, 5.74) is 18.3. The largest absolute Gasteiger partial charge is 0.494 e. The van der Waals surface area contributed by atoms with Crippen LogP contribution in [0.4, 0.5) is 0 Å². The molecule has 3 heterocycles. The average Bonchev–Trinajstić information content (AvgIpc) is 3.33. The molecule has 4 N–H and O–H groups in total. The molecule has 3 aliphatic rings. The molecule has 204 valence electrons. The first-order chi connectivity index (χ1) is 19.0. The van der Waals surface area contributed by atoms with Crippen molar-refractivity contribution in [2.24, 2.45) is 30.4 Å². The SMILES string of the molecule is COc1cc(C(=O)N2C[C@H]3CC[C@@H]2[C@@H]3N)cc2nc(-c3cc4cccc(CCCN)c4n3CC3CC3)n(C)c12. The highest BCUT2D eigenvalue weighted by atomic mass is 16.5. The van der Waals surface area contributed by atoms with Gasteiger partial charge in [-0.1, -0.05) is 18.2 Å². The molecule has 2 aliphatic carbocycles. The minimum atomic E-state index is 0.0254. The summed E-state index contributed by atoms with van der Waals surface area (Å²) in [5.74, 6) is 2.69. The summed E-state index contributed by atoms with van der Waals surface area (Å²) in [6, 6.07) is 12.9. The molecule has 2 saturated carbocycles. The number of aryl methyl sites for hydroxylation is 2. The van der Waals surface area contributed by atoms with Crippen LogP contribution in [0, 0.1) is 11.8 Å². The number of nitrogens with zero attached hydrogens (tertiary/aromatic N) is 4. The number of methoxy groups -OCH3 is 1. The smallest absolute Gasteiger partial charge is 0.254 e. The summed E-state index contributed by atoms with van der Waals surface area (Å²) in [7, 11) is 3.71. The molecule has 1 aliphatic heterocycles. The predicted molar refractivity (Wildman–Crippen MR) is 154 cm³/mol. The van der Waals surface area contributed by atoms with E-state index in [1.165, 1.54) is 29.3 Å². The van der Waals surface area contributed by atoms with Crippen LogP contribution in [0.5, 0.6) is 5.75 Å². The van der Waals surface area contributed by atoms with Gasteiger partial charge in [-0.3, -0.25) is 4.79 Å². The number of para-hydroxylation sites is 1. The normalized spacial score (nSPS) is 22.5. The number of nitrogens with two attached hydrogens (primary N) is 2. The number of amides is 1. The highest BCUT2D eigenvalue weighted by Gasteiger charge is 2.47. The van der Waals surface area contributed by atoms with Gasteiger partial charge in [0.05, 0.1) is 23.8 Å². The Morgan fingerprint density at radius 1 is 1.13 bits per heavy atom. The molecule has 1 saturated heterocycles. The van der Waals surface area contributed by atoms with Crippen LogP contribution in [0.15, 0.2) is 36.4 Å². The number of rotatable bonds is 8. The average molecular weight is 527 g/mol. The van der Waals surface area contributed by atoms with E-state index in [2.05, 4.69) is 33.4 Å². The van der Waals surface area contributed by atoms with Crippen LogP contribution < -0.4 is 16.2 Å². The van der Waals surface area contributed by atoms with Crippen LogP contribution in [0.3, 0.4) is 0 Å². The van der Waals surface area contributed by atoms with Crippen molar-refractivity contribution in [3.8, 4) is 17.3 Å². The third kappa shape index (κ3) is 3.95. The maximum Gasteiger partial charge on any atom is 0.254 e. The van der Waals surface area contributed by atoms with Crippen LogP contribution in [0.2, 0.25) is 0 Å². The van der Waals surface area contributed by atoms with E-state index < -0.39 is 0 Å². The van der Waals surface area contributed by atoms with Gasteiger partial charge in [0.1, 0.15) is 11.3 Å². The van der Waals surface area contributed by atoms with Gasteiger partial charge < -0.3 is 30.2 Å². The van der Waals surface area contributed by atoms with Crippen molar-refractivity contribution in [3.63, 3.8) is 0 Å². The van der Waals surface area contributed by atoms with E-state index in [0.717, 1.165) is 61.3 Å². The molecule has 2 aromatic carbocycles. The highest BCUT2D eigenvalue weighted by Crippen LogP contribution is 2.40. The molecule has 39 heavy (non-hydrogen) atoms. The Morgan fingerprint density at radius 3 is 2.67 bits per heavy atom. The number of carbonyl (C=O) groups is 1. The number of hydrogen-bond acceptors (Lipinski definition) is 5. The minimum absolute atomic E-state index is 0.0254. The number of piperidine rings is 1. The number of likely N-dealkylation sites (tertiary alicyclic amines) is 1. The Bertz CT molecular complexity index is 1580. The molecular formula is C31H38N6O2. The molecule has 0 unspecified atom stereocenters. The van der Waals surface area contributed by atoms with Crippen molar-refractivity contribution in [2.75, 3.05) is 20.2 Å². The number of fused-ring (bicyclic) bond motifs is 4. The summed E-state index contributed by atoms with van der Waals surface area (Å²) < 4.78 is 10.4. The highest BCUT2D eigenvalue weighted by molar-refractivity contribution is 6.00. The maximum absolute atomic E-state index is 13.6. The third-order valence-corrected chi connectivity index (χ3v) is 9.34. The molecule has 2 aromatic heterocycles. The Hall–Kier alpha value is -3.36. The quantitative estimate of drug-likeness (QED) is 0.360. The number of benzene rings is 2. The van der Waals surface area contributed by atoms with Crippen molar-refractivity contribution in [1.29, 1.82) is 0 Å². The molecule has 0 radical (unpaired) electrons. The van der Waals surface area contributed by atoms with Crippen LogP contribution in [-0.4, -0.2) is 57.2 Å². The van der Waals surface area contributed by atoms with E-state index >= 15 is 0 Å².